The van der Waals surface area contributed by atoms with E-state index in [-0.39, 0.29) is 29.9 Å². The van der Waals surface area contributed by atoms with Crippen molar-refractivity contribution in [2.45, 2.75) is 20.3 Å². The standard InChI is InChI=1S/C19H21N7O4/c1-12-14(13(2)30-24-12)10-16(27)23-19-22-15(11-29-19)17(28)25-6-8-26(9-7-25)18-20-4-3-5-21-18/h3-5,11H,6-10H2,1-2H3,(H,22,23,27). The fraction of sp³-hybridized carbons (Fsp3) is 0.368. The molecule has 1 N–H and O–H groups in total. The van der Waals surface area contributed by atoms with Crippen LogP contribution in [-0.2, 0) is 11.2 Å². The van der Waals surface area contributed by atoms with E-state index in [9.17, 15) is 9.59 Å². The Morgan fingerprint density at radius 3 is 2.53 bits per heavy atom. The molecular weight excluding hydrogens is 390 g/mol. The summed E-state index contributed by atoms with van der Waals surface area (Å²) in [5.41, 5.74) is 1.52. The van der Waals surface area contributed by atoms with Gasteiger partial charge in [-0.05, 0) is 19.9 Å². The van der Waals surface area contributed by atoms with Gasteiger partial charge >= 0.3 is 6.01 Å². The maximum absolute atomic E-state index is 12.7. The summed E-state index contributed by atoms with van der Waals surface area (Å²) in [6.07, 6.45) is 4.71. The number of rotatable bonds is 5. The largest absolute Gasteiger partial charge is 0.431 e. The lowest BCUT2D eigenvalue weighted by molar-refractivity contribution is -0.115. The first-order valence-corrected chi connectivity index (χ1v) is 9.49. The maximum atomic E-state index is 12.7. The van der Waals surface area contributed by atoms with Crippen LogP contribution in [0.4, 0.5) is 12.0 Å². The topological polar surface area (TPSA) is 130 Å². The van der Waals surface area contributed by atoms with E-state index < -0.39 is 0 Å². The number of amides is 2. The second-order valence-electron chi connectivity index (χ2n) is 6.89. The first-order valence-electron chi connectivity index (χ1n) is 9.49. The molecule has 4 heterocycles. The van der Waals surface area contributed by atoms with Gasteiger partial charge in [0.25, 0.3) is 5.91 Å². The summed E-state index contributed by atoms with van der Waals surface area (Å²) in [5.74, 6) is 0.653. The lowest BCUT2D eigenvalue weighted by atomic mass is 10.1. The van der Waals surface area contributed by atoms with Gasteiger partial charge in [-0.2, -0.15) is 4.98 Å². The zero-order valence-electron chi connectivity index (χ0n) is 16.7. The molecule has 1 aliphatic heterocycles. The zero-order chi connectivity index (χ0) is 21.1. The second-order valence-corrected chi connectivity index (χ2v) is 6.89. The molecular formula is C19H21N7O4. The summed E-state index contributed by atoms with van der Waals surface area (Å²) in [4.78, 5) is 41.2. The molecule has 0 unspecified atom stereocenters. The number of aryl methyl sites for hydroxylation is 2. The minimum absolute atomic E-state index is 0.0218. The molecule has 1 saturated heterocycles. The normalized spacial score (nSPS) is 14.1. The molecule has 0 saturated carbocycles. The van der Waals surface area contributed by atoms with Gasteiger partial charge in [-0.25, -0.2) is 9.97 Å². The van der Waals surface area contributed by atoms with Crippen LogP contribution in [0, 0.1) is 13.8 Å². The molecule has 0 bridgehead atoms. The highest BCUT2D eigenvalue weighted by molar-refractivity contribution is 5.94. The van der Waals surface area contributed by atoms with Crippen molar-refractivity contribution in [3.63, 3.8) is 0 Å². The maximum Gasteiger partial charge on any atom is 0.302 e. The van der Waals surface area contributed by atoms with Crippen molar-refractivity contribution in [1.82, 2.24) is 25.0 Å². The van der Waals surface area contributed by atoms with E-state index in [0.717, 1.165) is 5.56 Å². The van der Waals surface area contributed by atoms with Crippen molar-refractivity contribution in [2.75, 3.05) is 36.4 Å². The van der Waals surface area contributed by atoms with Crippen molar-refractivity contribution in [2.24, 2.45) is 0 Å². The Labute approximate surface area is 172 Å². The molecule has 0 aliphatic carbocycles. The third-order valence-electron chi connectivity index (χ3n) is 4.89. The number of nitrogens with zero attached hydrogens (tertiary/aromatic N) is 6. The molecule has 1 fully saturated rings. The van der Waals surface area contributed by atoms with Crippen LogP contribution in [0.3, 0.4) is 0 Å². The van der Waals surface area contributed by atoms with E-state index >= 15 is 0 Å². The fourth-order valence-electron chi connectivity index (χ4n) is 3.23. The molecule has 11 heteroatoms. The van der Waals surface area contributed by atoms with Crippen molar-refractivity contribution >= 4 is 23.8 Å². The number of hydrogen-bond acceptors (Lipinski definition) is 9. The van der Waals surface area contributed by atoms with Gasteiger partial charge in [-0.15, -0.1) is 0 Å². The Kier molecular flexibility index (Phi) is 5.42. The number of anilines is 2. The third-order valence-corrected chi connectivity index (χ3v) is 4.89. The van der Waals surface area contributed by atoms with Crippen LogP contribution in [0.5, 0.6) is 0 Å². The van der Waals surface area contributed by atoms with E-state index in [4.69, 9.17) is 8.94 Å². The average molecular weight is 411 g/mol. The summed E-state index contributed by atoms with van der Waals surface area (Å²) in [5, 5.41) is 6.38. The molecule has 0 aromatic carbocycles. The molecule has 156 valence electrons. The van der Waals surface area contributed by atoms with Gasteiger partial charge in [0.1, 0.15) is 12.0 Å². The molecule has 3 aromatic rings. The minimum Gasteiger partial charge on any atom is -0.431 e. The number of nitrogens with one attached hydrogen (secondary N) is 1. The fourth-order valence-corrected chi connectivity index (χ4v) is 3.23. The van der Waals surface area contributed by atoms with Gasteiger partial charge in [-0.1, -0.05) is 5.16 Å². The SMILES string of the molecule is Cc1noc(C)c1CC(=O)Nc1nc(C(=O)N2CCN(c3ncccn3)CC2)co1. The highest BCUT2D eigenvalue weighted by Crippen LogP contribution is 2.16. The Morgan fingerprint density at radius 2 is 1.87 bits per heavy atom. The van der Waals surface area contributed by atoms with Gasteiger partial charge in [0.15, 0.2) is 5.69 Å². The lowest BCUT2D eigenvalue weighted by Crippen LogP contribution is -2.49. The van der Waals surface area contributed by atoms with Crippen LogP contribution >= 0.6 is 0 Å². The zero-order valence-corrected chi connectivity index (χ0v) is 16.7. The second kappa shape index (κ2) is 8.31. The van der Waals surface area contributed by atoms with Gasteiger partial charge in [0, 0.05) is 44.1 Å². The lowest BCUT2D eigenvalue weighted by Gasteiger charge is -2.34. The number of carbonyl (C=O) groups excluding carboxylic acids is 2. The van der Waals surface area contributed by atoms with Crippen LogP contribution in [0.2, 0.25) is 0 Å². The highest BCUT2D eigenvalue weighted by Gasteiger charge is 2.26. The smallest absolute Gasteiger partial charge is 0.302 e. The molecule has 0 radical (unpaired) electrons. The van der Waals surface area contributed by atoms with E-state index in [1.807, 2.05) is 4.90 Å². The van der Waals surface area contributed by atoms with E-state index in [1.54, 1.807) is 37.2 Å². The molecule has 4 rings (SSSR count). The van der Waals surface area contributed by atoms with Crippen molar-refractivity contribution < 1.29 is 18.5 Å². The van der Waals surface area contributed by atoms with Crippen LogP contribution in [-0.4, -0.2) is 63.0 Å². The van der Waals surface area contributed by atoms with Crippen molar-refractivity contribution in [3.05, 3.63) is 47.4 Å². The van der Waals surface area contributed by atoms with Crippen LogP contribution in [0.25, 0.3) is 0 Å². The first-order chi connectivity index (χ1) is 14.5. The summed E-state index contributed by atoms with van der Waals surface area (Å²) in [7, 11) is 0. The molecule has 1 aliphatic rings. The van der Waals surface area contributed by atoms with Gasteiger partial charge < -0.3 is 18.7 Å². The number of piperazine rings is 1. The predicted molar refractivity (Wildman–Crippen MR) is 105 cm³/mol. The summed E-state index contributed by atoms with van der Waals surface area (Å²) in [6.45, 7) is 5.78. The minimum atomic E-state index is -0.332. The summed E-state index contributed by atoms with van der Waals surface area (Å²) >= 11 is 0. The Hall–Kier alpha value is -3.76. The number of hydrogen-bond donors (Lipinski definition) is 1. The Morgan fingerprint density at radius 1 is 1.13 bits per heavy atom. The Balaban J connectivity index is 1.32. The molecule has 0 spiro atoms. The molecule has 2 amide bonds. The summed E-state index contributed by atoms with van der Waals surface area (Å²) < 4.78 is 10.3. The first kappa shape index (κ1) is 19.6. The van der Waals surface area contributed by atoms with Crippen LogP contribution in [0.15, 0.2) is 33.7 Å². The number of oxazole rings is 1. The van der Waals surface area contributed by atoms with Crippen LogP contribution in [0.1, 0.15) is 27.5 Å². The number of carbonyl (C=O) groups is 2. The number of aromatic nitrogens is 4. The van der Waals surface area contributed by atoms with Gasteiger partial charge in [-0.3, -0.25) is 14.9 Å². The van der Waals surface area contributed by atoms with Gasteiger partial charge in [0.2, 0.25) is 11.9 Å². The molecule has 11 nitrogen and oxygen atoms in total. The molecule has 0 atom stereocenters. The van der Waals surface area contributed by atoms with Crippen molar-refractivity contribution in [3.8, 4) is 0 Å². The highest BCUT2D eigenvalue weighted by atomic mass is 16.5. The monoisotopic (exact) mass is 411 g/mol. The Bertz CT molecular complexity index is 1020. The quantitative estimate of drug-likeness (QED) is 0.658. The van der Waals surface area contributed by atoms with Gasteiger partial charge in [0.05, 0.1) is 12.1 Å². The van der Waals surface area contributed by atoms with E-state index in [1.165, 1.54) is 6.26 Å². The van der Waals surface area contributed by atoms with E-state index in [2.05, 4.69) is 25.4 Å². The summed E-state index contributed by atoms with van der Waals surface area (Å²) in [6, 6.07) is 1.74. The van der Waals surface area contributed by atoms with E-state index in [0.29, 0.717) is 43.6 Å². The molecule has 3 aromatic heterocycles. The average Bonchev–Trinajstić information content (AvgIpc) is 3.36. The third kappa shape index (κ3) is 4.14. The van der Waals surface area contributed by atoms with Crippen LogP contribution < -0.4 is 10.2 Å². The predicted octanol–water partition coefficient (Wildman–Crippen LogP) is 1.21. The molecule has 30 heavy (non-hydrogen) atoms. The van der Waals surface area contributed by atoms with Crippen molar-refractivity contribution in [1.29, 1.82) is 0 Å².